The lowest BCUT2D eigenvalue weighted by Crippen LogP contribution is -2.14. The van der Waals surface area contributed by atoms with Crippen molar-refractivity contribution in [2.24, 2.45) is 11.3 Å². The number of carboxylic acid groups (broad SMARTS) is 1. The minimum atomic E-state index is -1.01. The molecule has 1 rings (SSSR count). The van der Waals surface area contributed by atoms with Crippen LogP contribution in [0, 0.1) is 11.3 Å². The van der Waals surface area contributed by atoms with Crippen LogP contribution in [0.4, 0.5) is 0 Å². The summed E-state index contributed by atoms with van der Waals surface area (Å²) >= 11 is 0. The van der Waals surface area contributed by atoms with Gasteiger partial charge >= 0.3 is 11.9 Å². The molecular formula is C17H24O4. The van der Waals surface area contributed by atoms with Crippen molar-refractivity contribution in [1.29, 1.82) is 0 Å². The number of aromatic carboxylic acids is 1. The highest BCUT2D eigenvalue weighted by Gasteiger charge is 2.16. The van der Waals surface area contributed by atoms with E-state index in [1.165, 1.54) is 24.3 Å². The largest absolute Gasteiger partial charge is 0.478 e. The van der Waals surface area contributed by atoms with Crippen molar-refractivity contribution < 1.29 is 19.4 Å². The van der Waals surface area contributed by atoms with Crippen LogP contribution >= 0.6 is 0 Å². The molecule has 1 N–H and O–H groups in total. The van der Waals surface area contributed by atoms with Gasteiger partial charge in [0.25, 0.3) is 0 Å². The van der Waals surface area contributed by atoms with Gasteiger partial charge in [0.05, 0.1) is 17.7 Å². The number of esters is 1. The molecule has 0 heterocycles. The predicted octanol–water partition coefficient (Wildman–Crippen LogP) is 4.00. The van der Waals surface area contributed by atoms with Crippen LogP contribution in [0.3, 0.4) is 0 Å². The molecule has 1 atom stereocenters. The van der Waals surface area contributed by atoms with Crippen molar-refractivity contribution >= 4 is 11.9 Å². The zero-order chi connectivity index (χ0) is 16.0. The Labute approximate surface area is 126 Å². The molecule has 0 radical (unpaired) electrons. The third-order valence-electron chi connectivity index (χ3n) is 3.17. The molecule has 0 bridgehead atoms. The van der Waals surface area contributed by atoms with Gasteiger partial charge in [0.1, 0.15) is 0 Å². The summed E-state index contributed by atoms with van der Waals surface area (Å²) in [6, 6.07) is 5.76. The number of carboxylic acids is 1. The summed E-state index contributed by atoms with van der Waals surface area (Å²) in [5.41, 5.74) is 0.810. The van der Waals surface area contributed by atoms with Gasteiger partial charge in [-0.3, -0.25) is 0 Å². The van der Waals surface area contributed by atoms with Crippen molar-refractivity contribution in [1.82, 2.24) is 0 Å². The molecular weight excluding hydrogens is 268 g/mol. The smallest absolute Gasteiger partial charge is 0.338 e. The van der Waals surface area contributed by atoms with E-state index in [4.69, 9.17) is 9.84 Å². The maximum absolute atomic E-state index is 11.8. The minimum Gasteiger partial charge on any atom is -0.478 e. The van der Waals surface area contributed by atoms with E-state index in [-0.39, 0.29) is 11.0 Å². The minimum absolute atomic E-state index is 0.158. The first kappa shape index (κ1) is 17.2. The Balaban J connectivity index is 2.42. The molecule has 0 aliphatic rings. The van der Waals surface area contributed by atoms with Crippen LogP contribution in [0.2, 0.25) is 0 Å². The lowest BCUT2D eigenvalue weighted by atomic mass is 9.84. The van der Waals surface area contributed by atoms with Crippen molar-refractivity contribution in [3.63, 3.8) is 0 Å². The molecule has 4 nitrogen and oxygen atoms in total. The molecule has 0 aliphatic carbocycles. The highest BCUT2D eigenvalue weighted by molar-refractivity contribution is 5.92. The number of hydrogen-bond acceptors (Lipinski definition) is 3. The first-order valence-corrected chi connectivity index (χ1v) is 7.19. The first-order valence-electron chi connectivity index (χ1n) is 7.19. The van der Waals surface area contributed by atoms with E-state index in [0.29, 0.717) is 18.1 Å². The fourth-order valence-electron chi connectivity index (χ4n) is 2.33. The zero-order valence-electron chi connectivity index (χ0n) is 13.2. The number of ether oxygens (including phenoxy) is 1. The standard InChI is InChI=1S/C17H24O4/c1-12(11-17(2,3)4)9-10-21-16(20)14-7-5-13(6-8-14)15(18)19/h5-8,12H,9-11H2,1-4H3,(H,18,19). The van der Waals surface area contributed by atoms with E-state index in [2.05, 4.69) is 27.7 Å². The van der Waals surface area contributed by atoms with Crippen LogP contribution in [0.25, 0.3) is 0 Å². The molecule has 0 aromatic heterocycles. The number of rotatable bonds is 6. The Morgan fingerprint density at radius 2 is 1.67 bits per heavy atom. The number of carbonyl (C=O) groups is 2. The van der Waals surface area contributed by atoms with Gasteiger partial charge in [-0.15, -0.1) is 0 Å². The molecule has 1 aromatic carbocycles. The van der Waals surface area contributed by atoms with Gasteiger partial charge in [-0.05, 0) is 48.4 Å². The summed E-state index contributed by atoms with van der Waals surface area (Å²) in [4.78, 5) is 22.5. The molecule has 21 heavy (non-hydrogen) atoms. The number of carbonyl (C=O) groups excluding carboxylic acids is 1. The maximum Gasteiger partial charge on any atom is 0.338 e. The molecule has 116 valence electrons. The number of benzene rings is 1. The Hall–Kier alpha value is -1.84. The van der Waals surface area contributed by atoms with Crippen LogP contribution in [0.15, 0.2) is 24.3 Å². The highest BCUT2D eigenvalue weighted by Crippen LogP contribution is 2.25. The first-order chi connectivity index (χ1) is 9.69. The van der Waals surface area contributed by atoms with Gasteiger partial charge < -0.3 is 9.84 Å². The SMILES string of the molecule is CC(CCOC(=O)c1ccc(C(=O)O)cc1)CC(C)(C)C. The van der Waals surface area contributed by atoms with Gasteiger partial charge in [0.15, 0.2) is 0 Å². The lowest BCUT2D eigenvalue weighted by molar-refractivity contribution is 0.0477. The Bertz CT molecular complexity index is 483. The Morgan fingerprint density at radius 1 is 1.14 bits per heavy atom. The van der Waals surface area contributed by atoms with Crippen LogP contribution in [0.5, 0.6) is 0 Å². The van der Waals surface area contributed by atoms with Gasteiger partial charge in [-0.1, -0.05) is 27.7 Å². The predicted molar refractivity (Wildman–Crippen MR) is 81.5 cm³/mol. The van der Waals surface area contributed by atoms with E-state index in [0.717, 1.165) is 12.8 Å². The zero-order valence-corrected chi connectivity index (χ0v) is 13.2. The average molecular weight is 292 g/mol. The van der Waals surface area contributed by atoms with Gasteiger partial charge in [0.2, 0.25) is 0 Å². The van der Waals surface area contributed by atoms with Gasteiger partial charge in [-0.2, -0.15) is 0 Å². The van der Waals surface area contributed by atoms with Crippen molar-refractivity contribution in [3.05, 3.63) is 35.4 Å². The van der Waals surface area contributed by atoms with Crippen LogP contribution in [-0.4, -0.2) is 23.7 Å². The topological polar surface area (TPSA) is 63.6 Å². The maximum atomic E-state index is 11.8. The summed E-state index contributed by atoms with van der Waals surface area (Å²) in [5.74, 6) is -0.923. The summed E-state index contributed by atoms with van der Waals surface area (Å²) < 4.78 is 5.23. The lowest BCUT2D eigenvalue weighted by Gasteiger charge is -2.23. The van der Waals surface area contributed by atoms with E-state index >= 15 is 0 Å². The molecule has 0 amide bonds. The van der Waals surface area contributed by atoms with Crippen molar-refractivity contribution in [3.8, 4) is 0 Å². The monoisotopic (exact) mass is 292 g/mol. The quantitative estimate of drug-likeness (QED) is 0.805. The molecule has 0 fully saturated rings. The number of hydrogen-bond donors (Lipinski definition) is 1. The Kier molecular flexibility index (Phi) is 5.94. The van der Waals surface area contributed by atoms with Crippen LogP contribution < -0.4 is 0 Å². The van der Waals surface area contributed by atoms with E-state index < -0.39 is 11.9 Å². The summed E-state index contributed by atoms with van der Waals surface area (Å²) in [5, 5.41) is 8.79. The van der Waals surface area contributed by atoms with E-state index in [9.17, 15) is 9.59 Å². The summed E-state index contributed by atoms with van der Waals surface area (Å²) in [6.45, 7) is 9.12. The van der Waals surface area contributed by atoms with E-state index in [1.54, 1.807) is 0 Å². The molecule has 0 spiro atoms. The molecule has 0 saturated carbocycles. The van der Waals surface area contributed by atoms with Crippen molar-refractivity contribution in [2.75, 3.05) is 6.61 Å². The molecule has 0 aliphatic heterocycles. The molecule has 1 aromatic rings. The second-order valence-electron chi connectivity index (χ2n) is 6.68. The summed E-state index contributed by atoms with van der Waals surface area (Å²) in [7, 11) is 0. The molecule has 0 saturated heterocycles. The normalized spacial score (nSPS) is 12.8. The van der Waals surface area contributed by atoms with Crippen LogP contribution in [0.1, 0.15) is 61.3 Å². The third kappa shape index (κ3) is 6.43. The second kappa shape index (κ2) is 7.25. The fourth-order valence-corrected chi connectivity index (χ4v) is 2.33. The van der Waals surface area contributed by atoms with Gasteiger partial charge in [0, 0.05) is 0 Å². The average Bonchev–Trinajstić information content (AvgIpc) is 2.36. The fraction of sp³-hybridized carbons (Fsp3) is 0.529. The van der Waals surface area contributed by atoms with Crippen molar-refractivity contribution in [2.45, 2.75) is 40.5 Å². The third-order valence-corrected chi connectivity index (χ3v) is 3.17. The molecule has 4 heteroatoms. The summed E-state index contributed by atoms with van der Waals surface area (Å²) in [6.07, 6.45) is 1.91. The highest BCUT2D eigenvalue weighted by atomic mass is 16.5. The van der Waals surface area contributed by atoms with E-state index in [1.807, 2.05) is 0 Å². The molecule has 1 unspecified atom stereocenters. The second-order valence-corrected chi connectivity index (χ2v) is 6.68. The Morgan fingerprint density at radius 3 is 2.14 bits per heavy atom. The van der Waals surface area contributed by atoms with Gasteiger partial charge in [-0.25, -0.2) is 9.59 Å². The van der Waals surface area contributed by atoms with Crippen LogP contribution in [-0.2, 0) is 4.74 Å².